The highest BCUT2D eigenvalue weighted by Gasteiger charge is 2.20. The van der Waals surface area contributed by atoms with Crippen molar-refractivity contribution in [1.82, 2.24) is 15.3 Å². The Labute approximate surface area is 341 Å². The molecule has 0 saturated heterocycles. The van der Waals surface area contributed by atoms with Crippen molar-refractivity contribution in [3.63, 3.8) is 0 Å². The van der Waals surface area contributed by atoms with Gasteiger partial charge in [-0.25, -0.2) is 9.97 Å². The van der Waals surface area contributed by atoms with Gasteiger partial charge in [-0.1, -0.05) is 118 Å². The maximum absolute atomic E-state index is 13.1. The lowest BCUT2D eigenvalue weighted by Gasteiger charge is -2.19. The fourth-order valence-electron chi connectivity index (χ4n) is 7.30. The molecular formula is C49H69N3O5. The SMILES string of the molecule is CCCCCCOc1cc2c3cc(OCCCCCC)c(OCCCCCC)cc3c3nc4cc(C(=O)NCCCC)ccc4nc3c2cc1OCCCCCC. The van der Waals surface area contributed by atoms with E-state index in [1.807, 2.05) is 18.2 Å². The fourth-order valence-corrected chi connectivity index (χ4v) is 7.30. The number of hydrogen-bond donors (Lipinski definition) is 1. The van der Waals surface area contributed by atoms with Crippen LogP contribution in [0.3, 0.4) is 0 Å². The molecule has 1 aromatic heterocycles. The van der Waals surface area contributed by atoms with Crippen molar-refractivity contribution in [3.05, 3.63) is 48.0 Å². The minimum Gasteiger partial charge on any atom is -0.490 e. The third-order valence-corrected chi connectivity index (χ3v) is 10.7. The molecule has 1 heterocycles. The van der Waals surface area contributed by atoms with Gasteiger partial charge in [-0.05, 0) is 85.3 Å². The van der Waals surface area contributed by atoms with E-state index >= 15 is 0 Å². The van der Waals surface area contributed by atoms with E-state index in [0.29, 0.717) is 44.1 Å². The van der Waals surface area contributed by atoms with Crippen molar-refractivity contribution in [2.45, 2.75) is 150 Å². The molecule has 4 aromatic carbocycles. The van der Waals surface area contributed by atoms with Crippen LogP contribution < -0.4 is 24.3 Å². The van der Waals surface area contributed by atoms with Gasteiger partial charge in [-0.2, -0.15) is 0 Å². The number of nitrogens with zero attached hydrogens (tertiary/aromatic N) is 2. The Bertz CT molecular complexity index is 2010. The Kier molecular flexibility index (Phi) is 18.3. The van der Waals surface area contributed by atoms with Crippen LogP contribution in [0.5, 0.6) is 23.0 Å². The molecule has 0 radical (unpaired) electrons. The molecule has 1 N–H and O–H groups in total. The van der Waals surface area contributed by atoms with Gasteiger partial charge in [0.1, 0.15) is 0 Å². The maximum atomic E-state index is 13.1. The van der Waals surface area contributed by atoms with Gasteiger partial charge in [0.25, 0.3) is 5.91 Å². The van der Waals surface area contributed by atoms with Crippen LogP contribution in [-0.4, -0.2) is 48.8 Å². The maximum Gasteiger partial charge on any atom is 0.251 e. The Morgan fingerprint density at radius 3 is 1.25 bits per heavy atom. The van der Waals surface area contributed by atoms with Crippen LogP contribution in [0.15, 0.2) is 42.5 Å². The van der Waals surface area contributed by atoms with Crippen LogP contribution in [0.1, 0.15) is 161 Å². The predicted octanol–water partition coefficient (Wildman–Crippen LogP) is 13.5. The van der Waals surface area contributed by atoms with Gasteiger partial charge in [0.15, 0.2) is 23.0 Å². The largest absolute Gasteiger partial charge is 0.490 e. The molecule has 57 heavy (non-hydrogen) atoms. The van der Waals surface area contributed by atoms with Crippen LogP contribution in [-0.2, 0) is 0 Å². The van der Waals surface area contributed by atoms with Crippen LogP contribution >= 0.6 is 0 Å². The average Bonchev–Trinajstić information content (AvgIpc) is 3.22. The molecule has 0 aliphatic carbocycles. The number of amides is 1. The van der Waals surface area contributed by atoms with Crippen LogP contribution in [0, 0.1) is 0 Å². The summed E-state index contributed by atoms with van der Waals surface area (Å²) in [5.41, 5.74) is 3.50. The van der Waals surface area contributed by atoms with Gasteiger partial charge >= 0.3 is 0 Å². The first-order chi connectivity index (χ1) is 28.0. The number of carbonyl (C=O) groups excluding carboxylic acids is 1. The number of ether oxygens (including phenoxy) is 4. The average molecular weight is 780 g/mol. The number of nitrogens with one attached hydrogen (secondary N) is 1. The third kappa shape index (κ3) is 12.3. The van der Waals surface area contributed by atoms with E-state index in [2.05, 4.69) is 64.2 Å². The molecule has 0 fully saturated rings. The van der Waals surface area contributed by atoms with Gasteiger partial charge in [0, 0.05) is 22.9 Å². The molecular weight excluding hydrogens is 711 g/mol. The zero-order chi connectivity index (χ0) is 40.2. The smallest absolute Gasteiger partial charge is 0.251 e. The molecule has 5 aromatic rings. The summed E-state index contributed by atoms with van der Waals surface area (Å²) in [4.78, 5) is 23.7. The minimum atomic E-state index is -0.0990. The van der Waals surface area contributed by atoms with E-state index in [9.17, 15) is 4.79 Å². The lowest BCUT2D eigenvalue weighted by molar-refractivity contribution is 0.0953. The van der Waals surface area contributed by atoms with E-state index in [-0.39, 0.29) is 5.91 Å². The van der Waals surface area contributed by atoms with Crippen molar-refractivity contribution in [1.29, 1.82) is 0 Å². The highest BCUT2D eigenvalue weighted by Crippen LogP contribution is 2.44. The van der Waals surface area contributed by atoms with Gasteiger partial charge in [0.2, 0.25) is 0 Å². The Balaban J connectivity index is 1.70. The Morgan fingerprint density at radius 1 is 0.456 bits per heavy atom. The van der Waals surface area contributed by atoms with Crippen molar-refractivity contribution in [2.75, 3.05) is 33.0 Å². The van der Waals surface area contributed by atoms with Crippen molar-refractivity contribution >= 4 is 49.5 Å². The summed E-state index contributed by atoms with van der Waals surface area (Å²) in [5, 5.41) is 6.91. The molecule has 0 bridgehead atoms. The summed E-state index contributed by atoms with van der Waals surface area (Å²) in [5.74, 6) is 2.85. The summed E-state index contributed by atoms with van der Waals surface area (Å²) >= 11 is 0. The number of aromatic nitrogens is 2. The molecule has 5 rings (SSSR count). The van der Waals surface area contributed by atoms with Crippen molar-refractivity contribution < 1.29 is 23.7 Å². The Morgan fingerprint density at radius 2 is 0.842 bits per heavy atom. The van der Waals surface area contributed by atoms with Crippen molar-refractivity contribution in [3.8, 4) is 23.0 Å². The summed E-state index contributed by atoms with van der Waals surface area (Å²) in [6.07, 6.45) is 19.9. The van der Waals surface area contributed by atoms with Gasteiger partial charge < -0.3 is 24.3 Å². The zero-order valence-corrected chi connectivity index (χ0v) is 35.7. The first kappa shape index (κ1) is 43.8. The monoisotopic (exact) mass is 780 g/mol. The molecule has 1 amide bonds. The molecule has 8 heteroatoms. The summed E-state index contributed by atoms with van der Waals surface area (Å²) in [6.45, 7) is 14.2. The minimum absolute atomic E-state index is 0.0990. The number of rotatable bonds is 28. The molecule has 0 aliphatic heterocycles. The van der Waals surface area contributed by atoms with E-state index in [0.717, 1.165) is 125 Å². The van der Waals surface area contributed by atoms with Crippen LogP contribution in [0.25, 0.3) is 43.6 Å². The summed E-state index contributed by atoms with van der Waals surface area (Å²) in [7, 11) is 0. The van der Waals surface area contributed by atoms with Crippen LogP contribution in [0.2, 0.25) is 0 Å². The predicted molar refractivity (Wildman–Crippen MR) is 238 cm³/mol. The number of carbonyl (C=O) groups is 1. The second-order valence-corrected chi connectivity index (χ2v) is 15.6. The molecule has 310 valence electrons. The van der Waals surface area contributed by atoms with E-state index in [4.69, 9.17) is 28.9 Å². The lowest BCUT2D eigenvalue weighted by atomic mass is 9.97. The quantitative estimate of drug-likeness (QED) is 0.0307. The Hall–Kier alpha value is -4.33. The fraction of sp³-hybridized carbons (Fsp3) is 0.571. The molecule has 0 unspecified atom stereocenters. The highest BCUT2D eigenvalue weighted by molar-refractivity contribution is 6.25. The molecule has 0 aliphatic rings. The summed E-state index contributed by atoms with van der Waals surface area (Å²) in [6, 6.07) is 14.1. The van der Waals surface area contributed by atoms with E-state index < -0.39 is 0 Å². The first-order valence-electron chi connectivity index (χ1n) is 22.5. The van der Waals surface area contributed by atoms with Gasteiger partial charge in [-0.3, -0.25) is 4.79 Å². The second-order valence-electron chi connectivity index (χ2n) is 15.6. The molecule has 0 spiro atoms. The normalized spacial score (nSPS) is 11.5. The number of fused-ring (bicyclic) bond motifs is 7. The number of unbranched alkanes of at least 4 members (excludes halogenated alkanes) is 13. The van der Waals surface area contributed by atoms with E-state index in [1.54, 1.807) is 0 Å². The van der Waals surface area contributed by atoms with Crippen molar-refractivity contribution in [2.24, 2.45) is 0 Å². The standard InChI is InChI=1S/C49H69N3O5/c1-6-11-16-20-27-54-43-32-37-38-33-44(55-28-21-17-12-7-2)46(57-30-23-19-14-9-4)35-40(38)48-47(39(37)34-45(43)56-29-22-18-13-8-3)51-41-25-24-36(31-42(41)52-48)49(53)50-26-15-10-5/h24-25,31-35H,6-23,26-30H2,1-5H3,(H,50,53). The zero-order valence-electron chi connectivity index (χ0n) is 35.7. The lowest BCUT2D eigenvalue weighted by Crippen LogP contribution is -2.24. The van der Waals surface area contributed by atoms with Gasteiger partial charge in [-0.15, -0.1) is 0 Å². The number of hydrogen-bond acceptors (Lipinski definition) is 7. The third-order valence-electron chi connectivity index (χ3n) is 10.7. The topological polar surface area (TPSA) is 91.8 Å². The second kappa shape index (κ2) is 23.8. The number of benzene rings is 4. The first-order valence-corrected chi connectivity index (χ1v) is 22.5. The summed E-state index contributed by atoms with van der Waals surface area (Å²) < 4.78 is 26.2. The molecule has 8 nitrogen and oxygen atoms in total. The molecule has 0 atom stereocenters. The van der Waals surface area contributed by atoms with Gasteiger partial charge in [0.05, 0.1) is 48.5 Å². The highest BCUT2D eigenvalue weighted by atomic mass is 16.5. The molecule has 0 saturated carbocycles. The van der Waals surface area contributed by atoms with E-state index in [1.165, 1.54) is 51.4 Å². The van der Waals surface area contributed by atoms with Crippen LogP contribution in [0.4, 0.5) is 0 Å².